The lowest BCUT2D eigenvalue weighted by Gasteiger charge is -2.17. The summed E-state index contributed by atoms with van der Waals surface area (Å²) in [7, 11) is 0. The molecule has 10 aromatic carbocycles. The molecule has 5 nitrogen and oxygen atoms in total. The third-order valence-corrected chi connectivity index (χ3v) is 12.9. The van der Waals surface area contributed by atoms with Gasteiger partial charge in [0.1, 0.15) is 0 Å². The SMILES string of the molecule is c1ccc(-c2cccc(-c3cc(-c4nc(-c5ccccc5)nc(-c5cccc6c7ccccc7n(-c7ccccc7)c56)n4)ccc3-n3c4ccccc4c4cc5ccccc5cc43)c2)cc1. The van der Waals surface area contributed by atoms with Gasteiger partial charge in [-0.3, -0.25) is 0 Å². The van der Waals surface area contributed by atoms with E-state index in [4.69, 9.17) is 15.0 Å². The molecule has 0 saturated carbocycles. The Bertz CT molecular complexity index is 3980. The van der Waals surface area contributed by atoms with Crippen molar-refractivity contribution in [3.8, 4) is 67.8 Å². The molecule has 0 spiro atoms. The van der Waals surface area contributed by atoms with Crippen LogP contribution in [-0.2, 0) is 0 Å². The number of para-hydroxylation sites is 4. The van der Waals surface area contributed by atoms with Crippen LogP contribution in [0.25, 0.3) is 122 Å². The number of nitrogens with zero attached hydrogens (tertiary/aromatic N) is 5. The molecular weight excluding hydrogens is 803 g/mol. The smallest absolute Gasteiger partial charge is 0.166 e. The number of aromatic nitrogens is 5. The van der Waals surface area contributed by atoms with Gasteiger partial charge in [-0.25, -0.2) is 15.0 Å². The largest absolute Gasteiger partial charge is 0.309 e. The summed E-state index contributed by atoms with van der Waals surface area (Å²) in [5, 5.41) is 7.16. The molecule has 0 aliphatic heterocycles. The summed E-state index contributed by atoms with van der Waals surface area (Å²) in [6.07, 6.45) is 0. The highest BCUT2D eigenvalue weighted by atomic mass is 15.1. The van der Waals surface area contributed by atoms with Gasteiger partial charge in [0, 0.05) is 49.5 Å². The van der Waals surface area contributed by atoms with E-state index in [1.807, 2.05) is 18.2 Å². The molecule has 5 heteroatoms. The highest BCUT2D eigenvalue weighted by molar-refractivity contribution is 6.15. The highest BCUT2D eigenvalue weighted by Crippen LogP contribution is 2.42. The lowest BCUT2D eigenvalue weighted by atomic mass is 9.96. The van der Waals surface area contributed by atoms with Gasteiger partial charge in [-0.15, -0.1) is 0 Å². The van der Waals surface area contributed by atoms with Crippen molar-refractivity contribution in [3.63, 3.8) is 0 Å². The van der Waals surface area contributed by atoms with Crippen molar-refractivity contribution < 1.29 is 0 Å². The fourth-order valence-electron chi connectivity index (χ4n) is 9.90. The fraction of sp³-hybridized carbons (Fsp3) is 0. The van der Waals surface area contributed by atoms with E-state index in [9.17, 15) is 0 Å². The van der Waals surface area contributed by atoms with Crippen molar-refractivity contribution in [2.75, 3.05) is 0 Å². The zero-order chi connectivity index (χ0) is 43.6. The predicted molar refractivity (Wildman–Crippen MR) is 273 cm³/mol. The Labute approximate surface area is 381 Å². The molecule has 0 aliphatic carbocycles. The lowest BCUT2D eigenvalue weighted by Crippen LogP contribution is -2.03. The molecule has 0 N–H and O–H groups in total. The Hall–Kier alpha value is -8.93. The van der Waals surface area contributed by atoms with Crippen molar-refractivity contribution in [2.45, 2.75) is 0 Å². The van der Waals surface area contributed by atoms with Crippen LogP contribution in [0.15, 0.2) is 237 Å². The second kappa shape index (κ2) is 15.4. The summed E-state index contributed by atoms with van der Waals surface area (Å²) >= 11 is 0. The van der Waals surface area contributed by atoms with Crippen LogP contribution in [0.2, 0.25) is 0 Å². The molecule has 3 aromatic heterocycles. The van der Waals surface area contributed by atoms with Gasteiger partial charge in [0.2, 0.25) is 0 Å². The van der Waals surface area contributed by atoms with E-state index < -0.39 is 0 Å². The van der Waals surface area contributed by atoms with Crippen LogP contribution in [0, 0.1) is 0 Å². The number of fused-ring (bicyclic) bond motifs is 7. The number of hydrogen-bond acceptors (Lipinski definition) is 3. The summed E-state index contributed by atoms with van der Waals surface area (Å²) in [6, 6.07) is 84.1. The molecule has 0 aliphatic rings. The van der Waals surface area contributed by atoms with E-state index >= 15 is 0 Å². The number of hydrogen-bond donors (Lipinski definition) is 0. The molecular formula is C61H39N5. The van der Waals surface area contributed by atoms with Crippen LogP contribution >= 0.6 is 0 Å². The average Bonchev–Trinajstić information content (AvgIpc) is 3.91. The van der Waals surface area contributed by atoms with Crippen molar-refractivity contribution in [3.05, 3.63) is 237 Å². The van der Waals surface area contributed by atoms with Crippen LogP contribution in [0.4, 0.5) is 0 Å². The Kier molecular flexibility index (Phi) is 8.78. The second-order valence-corrected chi connectivity index (χ2v) is 16.8. The fourth-order valence-corrected chi connectivity index (χ4v) is 9.90. The maximum Gasteiger partial charge on any atom is 0.166 e. The first-order chi connectivity index (χ1) is 32.7. The van der Waals surface area contributed by atoms with E-state index in [1.54, 1.807) is 0 Å². The summed E-state index contributed by atoms with van der Waals surface area (Å²) in [5.41, 5.74) is 13.8. The zero-order valence-electron chi connectivity index (χ0n) is 35.8. The zero-order valence-corrected chi connectivity index (χ0v) is 35.8. The van der Waals surface area contributed by atoms with E-state index in [2.05, 4.69) is 228 Å². The van der Waals surface area contributed by atoms with Crippen molar-refractivity contribution in [1.82, 2.24) is 24.1 Å². The second-order valence-electron chi connectivity index (χ2n) is 16.8. The maximum absolute atomic E-state index is 5.44. The van der Waals surface area contributed by atoms with Crippen molar-refractivity contribution >= 4 is 54.4 Å². The number of benzene rings is 10. The molecule has 0 unspecified atom stereocenters. The number of rotatable bonds is 7. The van der Waals surface area contributed by atoms with Crippen molar-refractivity contribution in [2.24, 2.45) is 0 Å². The first-order valence-corrected chi connectivity index (χ1v) is 22.4. The molecule has 13 rings (SSSR count). The van der Waals surface area contributed by atoms with Crippen LogP contribution in [-0.4, -0.2) is 24.1 Å². The Morgan fingerprint density at radius 3 is 1.58 bits per heavy atom. The van der Waals surface area contributed by atoms with E-state index in [0.29, 0.717) is 17.5 Å². The van der Waals surface area contributed by atoms with Crippen LogP contribution in [0.5, 0.6) is 0 Å². The minimum atomic E-state index is 0.596. The molecule has 13 aromatic rings. The quantitative estimate of drug-likeness (QED) is 0.161. The Morgan fingerprint density at radius 1 is 0.273 bits per heavy atom. The maximum atomic E-state index is 5.44. The molecule has 66 heavy (non-hydrogen) atoms. The van der Waals surface area contributed by atoms with Crippen LogP contribution in [0.1, 0.15) is 0 Å². The van der Waals surface area contributed by atoms with Gasteiger partial charge < -0.3 is 9.13 Å². The molecule has 3 heterocycles. The third kappa shape index (κ3) is 6.21. The van der Waals surface area contributed by atoms with Gasteiger partial charge in [0.25, 0.3) is 0 Å². The van der Waals surface area contributed by atoms with Gasteiger partial charge in [-0.1, -0.05) is 170 Å². The monoisotopic (exact) mass is 841 g/mol. The molecule has 308 valence electrons. The summed E-state index contributed by atoms with van der Waals surface area (Å²) in [6.45, 7) is 0. The molecule has 0 saturated heterocycles. The van der Waals surface area contributed by atoms with Crippen LogP contribution < -0.4 is 0 Å². The first kappa shape index (κ1) is 37.6. The van der Waals surface area contributed by atoms with E-state index in [1.165, 1.54) is 26.9 Å². The summed E-state index contributed by atoms with van der Waals surface area (Å²) < 4.78 is 4.77. The van der Waals surface area contributed by atoms with Crippen LogP contribution in [0.3, 0.4) is 0 Å². The predicted octanol–water partition coefficient (Wildman–Crippen LogP) is 15.6. The lowest BCUT2D eigenvalue weighted by molar-refractivity contribution is 1.07. The highest BCUT2D eigenvalue weighted by Gasteiger charge is 2.22. The van der Waals surface area contributed by atoms with Gasteiger partial charge in [0.05, 0.1) is 27.8 Å². The minimum Gasteiger partial charge on any atom is -0.309 e. The molecule has 0 radical (unpaired) electrons. The Morgan fingerprint density at radius 2 is 0.818 bits per heavy atom. The molecule has 0 bridgehead atoms. The van der Waals surface area contributed by atoms with Gasteiger partial charge >= 0.3 is 0 Å². The van der Waals surface area contributed by atoms with Crippen molar-refractivity contribution in [1.29, 1.82) is 0 Å². The summed E-state index contributed by atoms with van der Waals surface area (Å²) in [5.74, 6) is 1.81. The van der Waals surface area contributed by atoms with E-state index in [-0.39, 0.29) is 0 Å². The normalized spacial score (nSPS) is 11.6. The molecule has 0 amide bonds. The topological polar surface area (TPSA) is 48.5 Å². The average molecular weight is 842 g/mol. The molecule has 0 atom stereocenters. The van der Waals surface area contributed by atoms with Gasteiger partial charge in [0.15, 0.2) is 17.5 Å². The Balaban J connectivity index is 1.08. The standard InChI is InChI=1S/C61H39N5/c1-4-18-40(19-5-1)42-24-16-25-45(36-42)52-38-46(34-35-56(52)66-55-33-15-13-29-49(55)53-37-43-22-10-11-23-44(43)39-57(53)66)60-62-59(41-20-6-2-7-21-41)63-61(64-60)51-31-17-30-50-48-28-12-14-32-54(48)65(58(50)51)47-26-8-3-9-27-47/h1-39H. The first-order valence-electron chi connectivity index (χ1n) is 22.4. The van der Waals surface area contributed by atoms with Gasteiger partial charge in [-0.2, -0.15) is 0 Å². The summed E-state index contributed by atoms with van der Waals surface area (Å²) in [4.78, 5) is 16.0. The molecule has 0 fully saturated rings. The van der Waals surface area contributed by atoms with Gasteiger partial charge in [-0.05, 0) is 94.2 Å². The minimum absolute atomic E-state index is 0.596. The third-order valence-electron chi connectivity index (χ3n) is 12.9. The van der Waals surface area contributed by atoms with E-state index in [0.717, 1.165) is 77.8 Å².